The van der Waals surface area contributed by atoms with Gasteiger partial charge in [-0.2, -0.15) is 0 Å². The number of hydrogen-bond acceptors (Lipinski definition) is 8. The smallest absolute Gasteiger partial charge is 0.227 e. The van der Waals surface area contributed by atoms with E-state index < -0.39 is 0 Å². The van der Waals surface area contributed by atoms with Gasteiger partial charge in [0, 0.05) is 37.2 Å². The molecule has 2 aromatic heterocycles. The molecule has 0 atom stereocenters. The van der Waals surface area contributed by atoms with E-state index in [1.807, 2.05) is 13.0 Å². The zero-order valence-electron chi connectivity index (χ0n) is 17.0. The van der Waals surface area contributed by atoms with Crippen LogP contribution in [0.15, 0.2) is 30.5 Å². The van der Waals surface area contributed by atoms with Gasteiger partial charge in [-0.15, -0.1) is 0 Å². The van der Waals surface area contributed by atoms with Crippen LogP contribution in [0.3, 0.4) is 0 Å². The summed E-state index contributed by atoms with van der Waals surface area (Å²) in [7, 11) is 0. The minimum absolute atomic E-state index is 0.582. The van der Waals surface area contributed by atoms with Gasteiger partial charge in [-0.25, -0.2) is 15.0 Å². The Labute approximate surface area is 175 Å². The van der Waals surface area contributed by atoms with Gasteiger partial charge in [0.2, 0.25) is 5.95 Å². The maximum atomic E-state index is 5.46. The highest BCUT2D eigenvalue weighted by Gasteiger charge is 2.14. The standard InChI is InChI=1S/C21H26N6OS/c1-4-22-21-24-15(3)19(29-21)17-7-8-23-20(26-17)25-16-5-6-18(14(2)13-16)27-9-11-28-12-10-27/h5-8,13H,4,9-12H2,1-3H3,(H,22,24)(H,23,25,26). The second-order valence-electron chi connectivity index (χ2n) is 6.96. The number of thiazole rings is 1. The Bertz CT molecular complexity index is 983. The summed E-state index contributed by atoms with van der Waals surface area (Å²) >= 11 is 1.62. The number of rotatable bonds is 6. The molecule has 1 fully saturated rings. The van der Waals surface area contributed by atoms with Crippen LogP contribution >= 0.6 is 11.3 Å². The highest BCUT2D eigenvalue weighted by atomic mass is 32.1. The van der Waals surface area contributed by atoms with Crippen LogP contribution in [0.2, 0.25) is 0 Å². The van der Waals surface area contributed by atoms with Crippen molar-refractivity contribution in [2.45, 2.75) is 20.8 Å². The minimum Gasteiger partial charge on any atom is -0.378 e. The molecule has 0 aliphatic carbocycles. The monoisotopic (exact) mass is 410 g/mol. The molecule has 4 rings (SSSR count). The number of aromatic nitrogens is 3. The van der Waals surface area contributed by atoms with Crippen molar-refractivity contribution < 1.29 is 4.74 Å². The van der Waals surface area contributed by atoms with Crippen molar-refractivity contribution in [3.63, 3.8) is 0 Å². The van der Waals surface area contributed by atoms with Crippen molar-refractivity contribution in [2.24, 2.45) is 0 Å². The van der Waals surface area contributed by atoms with Gasteiger partial charge < -0.3 is 20.3 Å². The van der Waals surface area contributed by atoms with Crippen LogP contribution in [-0.2, 0) is 4.74 Å². The lowest BCUT2D eigenvalue weighted by atomic mass is 10.1. The van der Waals surface area contributed by atoms with Crippen molar-refractivity contribution in [2.75, 3.05) is 48.4 Å². The zero-order valence-corrected chi connectivity index (χ0v) is 17.8. The first kappa shape index (κ1) is 19.6. The average molecular weight is 411 g/mol. The lowest BCUT2D eigenvalue weighted by molar-refractivity contribution is 0.122. The number of anilines is 4. The number of nitrogens with zero attached hydrogens (tertiary/aromatic N) is 4. The second-order valence-corrected chi connectivity index (χ2v) is 7.95. The van der Waals surface area contributed by atoms with Gasteiger partial charge in [0.15, 0.2) is 5.13 Å². The molecule has 0 saturated carbocycles. The van der Waals surface area contributed by atoms with Gasteiger partial charge in [0.05, 0.1) is 29.5 Å². The third-order valence-electron chi connectivity index (χ3n) is 4.82. The Morgan fingerprint density at radius 3 is 2.72 bits per heavy atom. The first-order valence-electron chi connectivity index (χ1n) is 9.89. The van der Waals surface area contributed by atoms with Crippen LogP contribution in [0, 0.1) is 13.8 Å². The molecule has 152 valence electrons. The molecule has 8 heteroatoms. The largest absolute Gasteiger partial charge is 0.378 e. The van der Waals surface area contributed by atoms with Crippen molar-refractivity contribution in [1.82, 2.24) is 15.0 Å². The van der Waals surface area contributed by atoms with Crippen molar-refractivity contribution in [3.05, 3.63) is 41.7 Å². The third kappa shape index (κ3) is 4.49. The van der Waals surface area contributed by atoms with E-state index >= 15 is 0 Å². The van der Waals surface area contributed by atoms with E-state index in [1.165, 1.54) is 11.3 Å². The van der Waals surface area contributed by atoms with Crippen LogP contribution in [0.1, 0.15) is 18.2 Å². The lowest BCUT2D eigenvalue weighted by Gasteiger charge is -2.30. The van der Waals surface area contributed by atoms with Crippen molar-refractivity contribution >= 4 is 33.8 Å². The van der Waals surface area contributed by atoms with Crippen molar-refractivity contribution in [1.29, 1.82) is 0 Å². The normalized spacial score (nSPS) is 14.1. The number of morpholine rings is 1. The average Bonchev–Trinajstić information content (AvgIpc) is 3.09. The molecule has 1 aromatic carbocycles. The van der Waals surface area contributed by atoms with Crippen LogP contribution < -0.4 is 15.5 Å². The van der Waals surface area contributed by atoms with E-state index in [4.69, 9.17) is 9.72 Å². The second kappa shape index (κ2) is 8.75. The van der Waals surface area contributed by atoms with Gasteiger partial charge >= 0.3 is 0 Å². The van der Waals surface area contributed by atoms with Gasteiger partial charge in [0.25, 0.3) is 0 Å². The Hall–Kier alpha value is -2.71. The molecule has 0 unspecified atom stereocenters. The quantitative estimate of drug-likeness (QED) is 0.630. The number of aryl methyl sites for hydroxylation is 2. The summed E-state index contributed by atoms with van der Waals surface area (Å²) in [6.45, 7) is 10.5. The fourth-order valence-electron chi connectivity index (χ4n) is 3.43. The summed E-state index contributed by atoms with van der Waals surface area (Å²) < 4.78 is 5.46. The summed E-state index contributed by atoms with van der Waals surface area (Å²) in [5.74, 6) is 0.582. The molecule has 29 heavy (non-hydrogen) atoms. The molecule has 0 radical (unpaired) electrons. The molecular formula is C21H26N6OS. The molecule has 1 aliphatic heterocycles. The maximum absolute atomic E-state index is 5.46. The van der Waals surface area contributed by atoms with Crippen LogP contribution in [-0.4, -0.2) is 47.8 Å². The van der Waals surface area contributed by atoms with Gasteiger partial charge in [-0.05, 0) is 50.6 Å². The number of hydrogen-bond donors (Lipinski definition) is 2. The molecule has 2 N–H and O–H groups in total. The molecule has 0 spiro atoms. The minimum atomic E-state index is 0.582. The summed E-state index contributed by atoms with van der Waals surface area (Å²) in [5, 5.41) is 7.53. The number of benzene rings is 1. The fraction of sp³-hybridized carbons (Fsp3) is 0.381. The molecule has 0 amide bonds. The molecule has 1 saturated heterocycles. The molecule has 7 nitrogen and oxygen atoms in total. The Kier molecular flexibility index (Phi) is 5.92. The van der Waals surface area contributed by atoms with E-state index in [1.54, 1.807) is 17.5 Å². The Morgan fingerprint density at radius 1 is 1.14 bits per heavy atom. The van der Waals surface area contributed by atoms with Gasteiger partial charge in [-0.1, -0.05) is 11.3 Å². The predicted molar refractivity (Wildman–Crippen MR) is 120 cm³/mol. The summed E-state index contributed by atoms with van der Waals surface area (Å²) in [6, 6.07) is 8.30. The molecule has 0 bridgehead atoms. The van der Waals surface area contributed by atoms with Crippen LogP contribution in [0.5, 0.6) is 0 Å². The summed E-state index contributed by atoms with van der Waals surface area (Å²) in [6.07, 6.45) is 1.78. The lowest BCUT2D eigenvalue weighted by Crippen LogP contribution is -2.36. The van der Waals surface area contributed by atoms with E-state index in [0.717, 1.165) is 59.9 Å². The molecule has 1 aliphatic rings. The number of nitrogens with one attached hydrogen (secondary N) is 2. The highest BCUT2D eigenvalue weighted by Crippen LogP contribution is 2.32. The first-order valence-corrected chi connectivity index (χ1v) is 10.7. The van der Waals surface area contributed by atoms with Gasteiger partial charge in [-0.3, -0.25) is 0 Å². The first-order chi connectivity index (χ1) is 14.1. The molecular weight excluding hydrogens is 384 g/mol. The molecule has 3 aromatic rings. The van der Waals surface area contributed by atoms with E-state index in [2.05, 4.69) is 57.5 Å². The molecule has 3 heterocycles. The van der Waals surface area contributed by atoms with E-state index in [9.17, 15) is 0 Å². The van der Waals surface area contributed by atoms with Gasteiger partial charge in [0.1, 0.15) is 0 Å². The topological polar surface area (TPSA) is 75.2 Å². The Balaban J connectivity index is 1.53. The number of ether oxygens (including phenoxy) is 1. The fourth-order valence-corrected chi connectivity index (χ4v) is 4.43. The zero-order chi connectivity index (χ0) is 20.2. The summed E-state index contributed by atoms with van der Waals surface area (Å²) in [5.41, 5.74) is 5.31. The van der Waals surface area contributed by atoms with Crippen LogP contribution in [0.25, 0.3) is 10.6 Å². The highest BCUT2D eigenvalue weighted by molar-refractivity contribution is 7.19. The van der Waals surface area contributed by atoms with Crippen LogP contribution in [0.4, 0.5) is 22.5 Å². The SMILES string of the molecule is CCNc1nc(C)c(-c2ccnc(Nc3ccc(N4CCOCC4)c(C)c3)n2)s1. The summed E-state index contributed by atoms with van der Waals surface area (Å²) in [4.78, 5) is 17.1. The predicted octanol–water partition coefficient (Wildman–Crippen LogP) is 4.23. The van der Waals surface area contributed by atoms with Crippen molar-refractivity contribution in [3.8, 4) is 10.6 Å². The maximum Gasteiger partial charge on any atom is 0.227 e. The van der Waals surface area contributed by atoms with E-state index in [0.29, 0.717) is 5.95 Å². The third-order valence-corrected chi connectivity index (χ3v) is 5.96. The Morgan fingerprint density at radius 2 is 1.97 bits per heavy atom. The van der Waals surface area contributed by atoms with E-state index in [-0.39, 0.29) is 0 Å².